The first-order chi connectivity index (χ1) is 12.3. The Balaban J connectivity index is 1.81. The molecule has 0 bridgehead atoms. The number of nitriles is 1. The predicted octanol–water partition coefficient (Wildman–Crippen LogP) is 4.55. The van der Waals surface area contributed by atoms with Gasteiger partial charge in [0.15, 0.2) is 0 Å². The van der Waals surface area contributed by atoms with Gasteiger partial charge in [0.1, 0.15) is 5.82 Å². The smallest absolute Gasteiger partial charge is 0.114 e. The van der Waals surface area contributed by atoms with Gasteiger partial charge in [0.25, 0.3) is 0 Å². The molecule has 3 heteroatoms. The molecular formula is C22H17N3. The third-order valence-corrected chi connectivity index (χ3v) is 4.34. The molecule has 1 aromatic heterocycles. The number of imidazole rings is 1. The molecule has 0 unspecified atom stereocenters. The first-order valence-electron chi connectivity index (χ1n) is 8.30. The molecule has 0 aliphatic rings. The molecule has 120 valence electrons. The molecule has 4 rings (SSSR count). The van der Waals surface area contributed by atoms with Crippen LogP contribution in [0.25, 0.3) is 11.0 Å². The number of fused-ring (bicyclic) bond motifs is 1. The van der Waals surface area contributed by atoms with Crippen LogP contribution in [0.1, 0.15) is 22.5 Å². The van der Waals surface area contributed by atoms with E-state index in [1.807, 2.05) is 42.5 Å². The van der Waals surface area contributed by atoms with Gasteiger partial charge in [-0.25, -0.2) is 4.98 Å². The number of hydrogen-bond acceptors (Lipinski definition) is 2. The van der Waals surface area contributed by atoms with E-state index in [4.69, 9.17) is 10.2 Å². The van der Waals surface area contributed by atoms with E-state index in [-0.39, 0.29) is 0 Å². The van der Waals surface area contributed by atoms with Crippen molar-refractivity contribution in [1.29, 1.82) is 5.26 Å². The second-order valence-electron chi connectivity index (χ2n) is 6.08. The van der Waals surface area contributed by atoms with Gasteiger partial charge in [-0.15, -0.1) is 0 Å². The molecule has 0 fully saturated rings. The first kappa shape index (κ1) is 15.2. The standard InChI is InChI=1S/C22H17N3/c23-15-19-11-12-21-20(13-19)24-22(14-17-7-3-1-4-8-17)25(21)16-18-9-5-2-6-10-18/h1-13H,14,16H2. The second kappa shape index (κ2) is 6.62. The van der Waals surface area contributed by atoms with Gasteiger partial charge in [-0.1, -0.05) is 60.7 Å². The minimum absolute atomic E-state index is 0.642. The molecule has 3 nitrogen and oxygen atoms in total. The van der Waals surface area contributed by atoms with E-state index < -0.39 is 0 Å². The molecule has 0 N–H and O–H groups in total. The molecule has 0 spiro atoms. The van der Waals surface area contributed by atoms with E-state index in [0.717, 1.165) is 29.8 Å². The zero-order valence-electron chi connectivity index (χ0n) is 13.8. The van der Waals surface area contributed by atoms with E-state index in [1.54, 1.807) is 0 Å². The molecule has 0 amide bonds. The maximum atomic E-state index is 9.16. The fourth-order valence-corrected chi connectivity index (χ4v) is 3.11. The molecular weight excluding hydrogens is 306 g/mol. The number of hydrogen-bond donors (Lipinski definition) is 0. The lowest BCUT2D eigenvalue weighted by atomic mass is 10.1. The van der Waals surface area contributed by atoms with Crippen molar-refractivity contribution in [3.05, 3.63) is 101 Å². The van der Waals surface area contributed by atoms with Crippen molar-refractivity contribution in [2.45, 2.75) is 13.0 Å². The summed E-state index contributed by atoms with van der Waals surface area (Å²) in [4.78, 5) is 4.82. The van der Waals surface area contributed by atoms with Crippen molar-refractivity contribution in [3.8, 4) is 6.07 Å². The molecule has 0 aliphatic carbocycles. The summed E-state index contributed by atoms with van der Waals surface area (Å²) in [6.45, 7) is 0.769. The minimum atomic E-state index is 0.642. The molecule has 25 heavy (non-hydrogen) atoms. The zero-order chi connectivity index (χ0) is 17.1. The SMILES string of the molecule is N#Cc1ccc2c(c1)nc(Cc1ccccc1)n2Cc1ccccc1. The summed E-state index contributed by atoms with van der Waals surface area (Å²) in [5, 5.41) is 9.16. The molecule has 4 aromatic rings. The summed E-state index contributed by atoms with van der Waals surface area (Å²) < 4.78 is 2.25. The van der Waals surface area contributed by atoms with Crippen LogP contribution in [-0.4, -0.2) is 9.55 Å². The summed E-state index contributed by atoms with van der Waals surface area (Å²) in [5.74, 6) is 1.01. The maximum Gasteiger partial charge on any atom is 0.114 e. The average molecular weight is 323 g/mol. The number of nitrogens with zero attached hydrogens (tertiary/aromatic N) is 3. The topological polar surface area (TPSA) is 41.6 Å². The molecule has 0 saturated heterocycles. The molecule has 0 radical (unpaired) electrons. The minimum Gasteiger partial charge on any atom is -0.323 e. The highest BCUT2D eigenvalue weighted by atomic mass is 15.1. The first-order valence-corrected chi connectivity index (χ1v) is 8.30. The zero-order valence-corrected chi connectivity index (χ0v) is 13.8. The molecule has 0 saturated carbocycles. The Morgan fingerprint density at radius 1 is 0.840 bits per heavy atom. The Morgan fingerprint density at radius 3 is 2.20 bits per heavy atom. The van der Waals surface area contributed by atoms with Crippen molar-refractivity contribution in [1.82, 2.24) is 9.55 Å². The maximum absolute atomic E-state index is 9.16. The summed E-state index contributed by atoms with van der Waals surface area (Å²) in [6.07, 6.45) is 0.768. The third kappa shape index (κ3) is 3.15. The van der Waals surface area contributed by atoms with Gasteiger partial charge in [-0.05, 0) is 29.3 Å². The summed E-state index contributed by atoms with van der Waals surface area (Å²) in [7, 11) is 0. The predicted molar refractivity (Wildman–Crippen MR) is 99.2 cm³/mol. The highest BCUT2D eigenvalue weighted by Crippen LogP contribution is 2.21. The van der Waals surface area contributed by atoms with E-state index in [2.05, 4.69) is 47.0 Å². The van der Waals surface area contributed by atoms with Crippen molar-refractivity contribution < 1.29 is 0 Å². The highest BCUT2D eigenvalue weighted by Gasteiger charge is 2.12. The van der Waals surface area contributed by atoms with Gasteiger partial charge < -0.3 is 4.57 Å². The molecule has 0 aliphatic heterocycles. The van der Waals surface area contributed by atoms with E-state index in [1.165, 1.54) is 11.1 Å². The number of benzene rings is 3. The van der Waals surface area contributed by atoms with Crippen molar-refractivity contribution in [2.24, 2.45) is 0 Å². The van der Waals surface area contributed by atoms with Crippen LogP contribution in [0.4, 0.5) is 0 Å². The third-order valence-electron chi connectivity index (χ3n) is 4.34. The van der Waals surface area contributed by atoms with Crippen molar-refractivity contribution in [2.75, 3.05) is 0 Å². The van der Waals surface area contributed by atoms with Gasteiger partial charge in [-0.3, -0.25) is 0 Å². The monoisotopic (exact) mass is 323 g/mol. The lowest BCUT2D eigenvalue weighted by Gasteiger charge is -2.10. The van der Waals surface area contributed by atoms with Crippen LogP contribution < -0.4 is 0 Å². The van der Waals surface area contributed by atoms with Gasteiger partial charge in [0, 0.05) is 13.0 Å². The normalized spacial score (nSPS) is 10.7. The lowest BCUT2D eigenvalue weighted by molar-refractivity contribution is 0.762. The molecule has 0 atom stereocenters. The lowest BCUT2D eigenvalue weighted by Crippen LogP contribution is -2.06. The summed E-state index contributed by atoms with van der Waals surface area (Å²) in [6, 6.07) is 28.7. The van der Waals surface area contributed by atoms with Crippen LogP contribution in [0.5, 0.6) is 0 Å². The Labute approximate surface area is 146 Å². The number of aromatic nitrogens is 2. The van der Waals surface area contributed by atoms with Gasteiger partial charge in [0.2, 0.25) is 0 Å². The molecule has 3 aromatic carbocycles. The largest absolute Gasteiger partial charge is 0.323 e. The van der Waals surface area contributed by atoms with Crippen LogP contribution >= 0.6 is 0 Å². The fourth-order valence-electron chi connectivity index (χ4n) is 3.11. The highest BCUT2D eigenvalue weighted by molar-refractivity contribution is 5.78. The van der Waals surface area contributed by atoms with Crippen molar-refractivity contribution in [3.63, 3.8) is 0 Å². The van der Waals surface area contributed by atoms with E-state index >= 15 is 0 Å². The Bertz CT molecular complexity index is 1040. The Kier molecular flexibility index (Phi) is 4.02. The van der Waals surface area contributed by atoms with Gasteiger partial charge >= 0.3 is 0 Å². The summed E-state index contributed by atoms with van der Waals surface area (Å²) in [5.41, 5.74) is 5.05. The quantitative estimate of drug-likeness (QED) is 0.553. The Hall–Kier alpha value is -3.38. The number of rotatable bonds is 4. The van der Waals surface area contributed by atoms with E-state index in [9.17, 15) is 0 Å². The van der Waals surface area contributed by atoms with E-state index in [0.29, 0.717) is 5.56 Å². The molecule has 1 heterocycles. The van der Waals surface area contributed by atoms with Crippen LogP contribution in [0.15, 0.2) is 78.9 Å². The Morgan fingerprint density at radius 2 is 1.52 bits per heavy atom. The van der Waals surface area contributed by atoms with Crippen LogP contribution in [0, 0.1) is 11.3 Å². The fraction of sp³-hybridized carbons (Fsp3) is 0.0909. The average Bonchev–Trinajstić information content (AvgIpc) is 2.99. The van der Waals surface area contributed by atoms with Gasteiger partial charge in [-0.2, -0.15) is 5.26 Å². The summed E-state index contributed by atoms with van der Waals surface area (Å²) >= 11 is 0. The second-order valence-corrected chi connectivity index (χ2v) is 6.08. The van der Waals surface area contributed by atoms with Crippen LogP contribution in [0.2, 0.25) is 0 Å². The van der Waals surface area contributed by atoms with Gasteiger partial charge in [0.05, 0.1) is 22.7 Å². The van der Waals surface area contributed by atoms with Crippen molar-refractivity contribution >= 4 is 11.0 Å². The van der Waals surface area contributed by atoms with Crippen LogP contribution in [0.3, 0.4) is 0 Å². The van der Waals surface area contributed by atoms with Crippen LogP contribution in [-0.2, 0) is 13.0 Å².